The summed E-state index contributed by atoms with van der Waals surface area (Å²) in [7, 11) is 0. The molecule has 0 atom stereocenters. The number of aromatic nitrogens is 2. The number of amides is 2. The number of hydrogen-bond donors (Lipinski definition) is 2. The molecule has 7 nitrogen and oxygen atoms in total. The Morgan fingerprint density at radius 3 is 2.56 bits per heavy atom. The summed E-state index contributed by atoms with van der Waals surface area (Å²) in [4.78, 5) is 35.2. The van der Waals surface area contributed by atoms with Crippen molar-refractivity contribution in [3.05, 3.63) is 77.3 Å². The molecule has 2 aromatic heterocycles. The average Bonchev–Trinajstić information content (AvgIpc) is 3.64. The molecule has 182 valence electrons. The lowest BCUT2D eigenvalue weighted by Gasteiger charge is -2.24. The maximum atomic E-state index is 13.2. The second-order valence-electron chi connectivity index (χ2n) is 9.75. The molecule has 2 amide bonds. The fraction of sp³-hybridized carbons (Fsp3) is 0.310. The van der Waals surface area contributed by atoms with E-state index >= 15 is 0 Å². The molecule has 2 heterocycles. The summed E-state index contributed by atoms with van der Waals surface area (Å²) in [6.45, 7) is 2.07. The van der Waals surface area contributed by atoms with Gasteiger partial charge in [0.15, 0.2) is 0 Å². The van der Waals surface area contributed by atoms with Crippen LogP contribution in [0.3, 0.4) is 0 Å². The van der Waals surface area contributed by atoms with Crippen molar-refractivity contribution in [1.29, 1.82) is 0 Å². The standard InChI is InChI=1S/C29H28N4O3/c1-17-26(33-29(36-17)21-10-3-5-12-24(21)32-27(34)19-7-6-8-19)16-30-28(35)22-15-25(18-13-14-18)31-23-11-4-2-9-20(22)23/h2-5,9-12,15,18-19H,6-8,13-14,16H2,1H3,(H,30,35)(H,32,34). The molecule has 2 aromatic carbocycles. The van der Waals surface area contributed by atoms with Crippen molar-refractivity contribution in [2.45, 2.75) is 51.5 Å². The van der Waals surface area contributed by atoms with Gasteiger partial charge in [0.2, 0.25) is 11.8 Å². The van der Waals surface area contributed by atoms with Gasteiger partial charge in [-0.2, -0.15) is 0 Å². The molecule has 6 rings (SSSR count). The number of nitrogens with one attached hydrogen (secondary N) is 2. The van der Waals surface area contributed by atoms with Crippen LogP contribution in [0.25, 0.3) is 22.4 Å². The first-order valence-corrected chi connectivity index (χ1v) is 12.6. The molecule has 7 heteroatoms. The lowest BCUT2D eigenvalue weighted by atomic mass is 9.85. The number of carbonyl (C=O) groups excluding carboxylic acids is 2. The van der Waals surface area contributed by atoms with Gasteiger partial charge in [0.1, 0.15) is 11.5 Å². The van der Waals surface area contributed by atoms with Crippen molar-refractivity contribution in [1.82, 2.24) is 15.3 Å². The first-order valence-electron chi connectivity index (χ1n) is 12.6. The number of nitrogens with zero attached hydrogens (tertiary/aromatic N) is 2. The van der Waals surface area contributed by atoms with Gasteiger partial charge in [-0.3, -0.25) is 14.6 Å². The van der Waals surface area contributed by atoms with Gasteiger partial charge < -0.3 is 15.1 Å². The largest absolute Gasteiger partial charge is 0.441 e. The zero-order valence-electron chi connectivity index (χ0n) is 20.2. The van der Waals surface area contributed by atoms with E-state index < -0.39 is 0 Å². The molecular weight excluding hydrogens is 452 g/mol. The number of aryl methyl sites for hydroxylation is 1. The first kappa shape index (κ1) is 22.5. The van der Waals surface area contributed by atoms with Crippen LogP contribution >= 0.6 is 0 Å². The highest BCUT2D eigenvalue weighted by Gasteiger charge is 2.28. The van der Waals surface area contributed by atoms with Crippen LogP contribution < -0.4 is 10.6 Å². The van der Waals surface area contributed by atoms with Gasteiger partial charge in [0.05, 0.1) is 28.9 Å². The normalized spacial score (nSPS) is 15.5. The smallest absolute Gasteiger partial charge is 0.252 e. The minimum atomic E-state index is -0.160. The summed E-state index contributed by atoms with van der Waals surface area (Å²) in [6, 6.07) is 17.2. The van der Waals surface area contributed by atoms with E-state index in [-0.39, 0.29) is 24.3 Å². The van der Waals surface area contributed by atoms with Gasteiger partial charge >= 0.3 is 0 Å². The maximum absolute atomic E-state index is 13.2. The summed E-state index contributed by atoms with van der Waals surface area (Å²) >= 11 is 0. The summed E-state index contributed by atoms with van der Waals surface area (Å²) in [5.74, 6) is 1.47. The number of benzene rings is 2. The number of carbonyl (C=O) groups is 2. The Labute approximate surface area is 209 Å². The highest BCUT2D eigenvalue weighted by molar-refractivity contribution is 6.06. The number of anilines is 1. The third-order valence-electron chi connectivity index (χ3n) is 7.18. The quantitative estimate of drug-likeness (QED) is 0.351. The van der Waals surface area contributed by atoms with Gasteiger partial charge in [0.25, 0.3) is 5.91 Å². The van der Waals surface area contributed by atoms with Crippen LogP contribution in [0.15, 0.2) is 59.0 Å². The van der Waals surface area contributed by atoms with Crippen LogP contribution in [-0.2, 0) is 11.3 Å². The van der Waals surface area contributed by atoms with Crippen LogP contribution in [0, 0.1) is 12.8 Å². The van der Waals surface area contributed by atoms with E-state index in [4.69, 9.17) is 9.40 Å². The highest BCUT2D eigenvalue weighted by atomic mass is 16.4. The number of oxazole rings is 1. The number of pyridine rings is 1. The highest BCUT2D eigenvalue weighted by Crippen LogP contribution is 2.40. The topological polar surface area (TPSA) is 97.1 Å². The Kier molecular flexibility index (Phi) is 5.76. The molecule has 0 bridgehead atoms. The van der Waals surface area contributed by atoms with Crippen molar-refractivity contribution in [3.63, 3.8) is 0 Å². The molecule has 2 fully saturated rings. The van der Waals surface area contributed by atoms with Crippen LogP contribution in [0.1, 0.15) is 65.5 Å². The molecule has 0 spiro atoms. The summed E-state index contributed by atoms with van der Waals surface area (Å²) < 4.78 is 5.97. The Morgan fingerprint density at radius 2 is 1.78 bits per heavy atom. The molecule has 2 aliphatic carbocycles. The Balaban J connectivity index is 1.21. The second kappa shape index (κ2) is 9.22. The zero-order valence-corrected chi connectivity index (χ0v) is 20.2. The summed E-state index contributed by atoms with van der Waals surface area (Å²) in [5.41, 5.74) is 4.51. The van der Waals surface area contributed by atoms with Crippen molar-refractivity contribution in [2.24, 2.45) is 5.92 Å². The van der Waals surface area contributed by atoms with E-state index in [1.165, 1.54) is 0 Å². The average molecular weight is 481 g/mol. The Bertz CT molecular complexity index is 1470. The van der Waals surface area contributed by atoms with Crippen molar-refractivity contribution < 1.29 is 14.0 Å². The van der Waals surface area contributed by atoms with E-state index in [1.54, 1.807) is 0 Å². The number of para-hydroxylation sites is 2. The predicted octanol–water partition coefficient (Wildman–Crippen LogP) is 5.74. The fourth-order valence-electron chi connectivity index (χ4n) is 4.62. The molecule has 0 saturated heterocycles. The van der Waals surface area contributed by atoms with Crippen LogP contribution in [-0.4, -0.2) is 21.8 Å². The molecule has 2 N–H and O–H groups in total. The van der Waals surface area contributed by atoms with Crippen LogP contribution in [0.5, 0.6) is 0 Å². The molecule has 2 saturated carbocycles. The van der Waals surface area contributed by atoms with Gasteiger partial charge in [-0.15, -0.1) is 0 Å². The van der Waals surface area contributed by atoms with Gasteiger partial charge in [-0.05, 0) is 56.9 Å². The van der Waals surface area contributed by atoms with Crippen molar-refractivity contribution >= 4 is 28.4 Å². The molecule has 0 radical (unpaired) electrons. The molecule has 0 aliphatic heterocycles. The Morgan fingerprint density at radius 1 is 1.00 bits per heavy atom. The van der Waals surface area contributed by atoms with Crippen molar-refractivity contribution in [3.8, 4) is 11.5 Å². The molecule has 0 unspecified atom stereocenters. The van der Waals surface area contributed by atoms with E-state index in [0.717, 1.165) is 54.3 Å². The summed E-state index contributed by atoms with van der Waals surface area (Å²) in [6.07, 6.45) is 5.21. The minimum Gasteiger partial charge on any atom is -0.441 e. The maximum Gasteiger partial charge on any atom is 0.252 e. The van der Waals surface area contributed by atoms with E-state index in [2.05, 4.69) is 15.6 Å². The lowest BCUT2D eigenvalue weighted by molar-refractivity contribution is -0.122. The minimum absolute atomic E-state index is 0.0413. The number of fused-ring (bicyclic) bond motifs is 1. The monoisotopic (exact) mass is 480 g/mol. The SMILES string of the molecule is Cc1oc(-c2ccccc2NC(=O)C2CCC2)nc1CNC(=O)c1cc(C2CC2)nc2ccccc12. The predicted molar refractivity (Wildman–Crippen MR) is 138 cm³/mol. The summed E-state index contributed by atoms with van der Waals surface area (Å²) in [5, 5.41) is 6.89. The third kappa shape index (κ3) is 4.37. The zero-order chi connectivity index (χ0) is 24.6. The number of hydrogen-bond acceptors (Lipinski definition) is 5. The van der Waals surface area contributed by atoms with Gasteiger partial charge in [0, 0.05) is 22.9 Å². The molecule has 2 aliphatic rings. The molecule has 4 aromatic rings. The van der Waals surface area contributed by atoms with Crippen molar-refractivity contribution in [2.75, 3.05) is 5.32 Å². The van der Waals surface area contributed by atoms with Crippen LogP contribution in [0.2, 0.25) is 0 Å². The van der Waals surface area contributed by atoms with Gasteiger partial charge in [-0.25, -0.2) is 4.98 Å². The number of rotatable bonds is 7. The van der Waals surface area contributed by atoms with E-state index in [9.17, 15) is 9.59 Å². The van der Waals surface area contributed by atoms with E-state index in [1.807, 2.05) is 61.5 Å². The van der Waals surface area contributed by atoms with E-state index in [0.29, 0.717) is 34.5 Å². The van der Waals surface area contributed by atoms with Gasteiger partial charge in [-0.1, -0.05) is 36.8 Å². The molecular formula is C29H28N4O3. The first-order chi connectivity index (χ1) is 17.6. The van der Waals surface area contributed by atoms with Crippen LogP contribution in [0.4, 0.5) is 5.69 Å². The second-order valence-corrected chi connectivity index (χ2v) is 9.75. The third-order valence-corrected chi connectivity index (χ3v) is 7.18. The fourth-order valence-corrected chi connectivity index (χ4v) is 4.62. The Hall–Kier alpha value is -4.00. The lowest BCUT2D eigenvalue weighted by Crippen LogP contribution is -2.28. The molecule has 36 heavy (non-hydrogen) atoms.